The van der Waals surface area contributed by atoms with Crippen LogP contribution < -0.4 is 4.90 Å². The minimum absolute atomic E-state index is 0.0552. The molecule has 166 valence electrons. The maximum Gasteiger partial charge on any atom is 0.200 e. The molecule has 30 heavy (non-hydrogen) atoms. The first-order chi connectivity index (χ1) is 14.1. The van der Waals surface area contributed by atoms with E-state index in [-0.39, 0.29) is 13.1 Å². The number of anilines is 1. The number of nitrogens with zero attached hydrogens (tertiary/aromatic N) is 1. The standard InChI is InChI=1S/C20H18F9N/c1-3-5-7-30(8-6-4-2)20-10(13(23)16(26)18(28)19(20)29)9-11(21)14(24)17(27)15(25)12(9)22/h3-8H2,1-2H3. The van der Waals surface area contributed by atoms with Gasteiger partial charge in [-0.15, -0.1) is 0 Å². The van der Waals surface area contributed by atoms with Gasteiger partial charge < -0.3 is 4.90 Å². The van der Waals surface area contributed by atoms with Crippen molar-refractivity contribution in [2.75, 3.05) is 18.0 Å². The molecule has 10 heteroatoms. The molecule has 2 rings (SSSR count). The van der Waals surface area contributed by atoms with Crippen LogP contribution in [0.15, 0.2) is 0 Å². The van der Waals surface area contributed by atoms with E-state index in [0.29, 0.717) is 25.7 Å². The van der Waals surface area contributed by atoms with Crippen molar-refractivity contribution in [3.05, 3.63) is 52.4 Å². The van der Waals surface area contributed by atoms with E-state index in [1.807, 2.05) is 0 Å². The van der Waals surface area contributed by atoms with Crippen LogP contribution in [0.3, 0.4) is 0 Å². The summed E-state index contributed by atoms with van der Waals surface area (Å²) in [7, 11) is 0. The normalized spacial score (nSPS) is 11.3. The Bertz CT molecular complexity index is 906. The van der Waals surface area contributed by atoms with Gasteiger partial charge in [-0.3, -0.25) is 0 Å². The van der Waals surface area contributed by atoms with Crippen LogP contribution in [-0.2, 0) is 0 Å². The monoisotopic (exact) mass is 443 g/mol. The first-order valence-corrected chi connectivity index (χ1v) is 9.22. The second-order valence-corrected chi connectivity index (χ2v) is 6.62. The third-order valence-corrected chi connectivity index (χ3v) is 4.58. The molecule has 0 atom stereocenters. The molecule has 0 radical (unpaired) electrons. The second kappa shape index (κ2) is 9.61. The molecular weight excluding hydrogens is 425 g/mol. The molecule has 0 fully saturated rings. The third-order valence-electron chi connectivity index (χ3n) is 4.58. The van der Waals surface area contributed by atoms with Crippen molar-refractivity contribution >= 4 is 5.69 Å². The number of hydrogen-bond acceptors (Lipinski definition) is 1. The molecule has 0 aliphatic heterocycles. The van der Waals surface area contributed by atoms with Crippen molar-refractivity contribution in [1.82, 2.24) is 0 Å². The van der Waals surface area contributed by atoms with Crippen LogP contribution in [0.5, 0.6) is 0 Å². The zero-order chi connectivity index (χ0) is 22.7. The van der Waals surface area contributed by atoms with Gasteiger partial charge in [0.25, 0.3) is 0 Å². The van der Waals surface area contributed by atoms with E-state index in [1.54, 1.807) is 13.8 Å². The SMILES string of the molecule is CCCCN(CCCC)c1c(F)c(F)c(F)c(F)c1-c1c(F)c(F)c(F)c(F)c1F. The van der Waals surface area contributed by atoms with E-state index < -0.39 is 69.2 Å². The van der Waals surface area contributed by atoms with E-state index in [2.05, 4.69) is 0 Å². The summed E-state index contributed by atoms with van der Waals surface area (Å²) in [5, 5.41) is 0. The van der Waals surface area contributed by atoms with Crippen LogP contribution in [0.1, 0.15) is 39.5 Å². The summed E-state index contributed by atoms with van der Waals surface area (Å²) in [6, 6.07) is 0. The molecule has 0 spiro atoms. The summed E-state index contributed by atoms with van der Waals surface area (Å²) < 4.78 is 127. The van der Waals surface area contributed by atoms with Crippen LogP contribution in [0.25, 0.3) is 11.1 Å². The molecule has 0 N–H and O–H groups in total. The molecule has 0 heterocycles. The van der Waals surface area contributed by atoms with Gasteiger partial charge in [-0.1, -0.05) is 26.7 Å². The Morgan fingerprint density at radius 2 is 0.800 bits per heavy atom. The van der Waals surface area contributed by atoms with Gasteiger partial charge in [0.1, 0.15) is 0 Å². The van der Waals surface area contributed by atoms with Crippen molar-refractivity contribution in [3.8, 4) is 11.1 Å². The van der Waals surface area contributed by atoms with Crippen molar-refractivity contribution < 1.29 is 39.5 Å². The molecule has 0 aliphatic carbocycles. The van der Waals surface area contributed by atoms with Crippen LogP contribution in [0, 0.1) is 52.4 Å². The van der Waals surface area contributed by atoms with Crippen LogP contribution >= 0.6 is 0 Å². The largest absolute Gasteiger partial charge is 0.368 e. The summed E-state index contributed by atoms with van der Waals surface area (Å²) in [6.45, 7) is 3.37. The zero-order valence-electron chi connectivity index (χ0n) is 16.1. The summed E-state index contributed by atoms with van der Waals surface area (Å²) in [4.78, 5) is 1.02. The summed E-state index contributed by atoms with van der Waals surface area (Å²) in [6.07, 6.45) is 1.77. The third kappa shape index (κ3) is 4.09. The Balaban J connectivity index is 2.96. The highest BCUT2D eigenvalue weighted by molar-refractivity contribution is 5.81. The Labute approximate surface area is 167 Å². The molecule has 0 saturated carbocycles. The predicted molar refractivity (Wildman–Crippen MR) is 93.5 cm³/mol. The van der Waals surface area contributed by atoms with E-state index in [9.17, 15) is 39.5 Å². The minimum Gasteiger partial charge on any atom is -0.368 e. The molecule has 0 saturated heterocycles. The van der Waals surface area contributed by atoms with Crippen LogP contribution in [-0.4, -0.2) is 13.1 Å². The van der Waals surface area contributed by atoms with Crippen LogP contribution in [0.2, 0.25) is 0 Å². The fraction of sp³-hybridized carbons (Fsp3) is 0.400. The van der Waals surface area contributed by atoms with Gasteiger partial charge in [-0.25, -0.2) is 39.5 Å². The average molecular weight is 443 g/mol. The second-order valence-electron chi connectivity index (χ2n) is 6.62. The van der Waals surface area contributed by atoms with Gasteiger partial charge in [-0.2, -0.15) is 0 Å². The zero-order valence-corrected chi connectivity index (χ0v) is 16.1. The lowest BCUT2D eigenvalue weighted by Gasteiger charge is -2.28. The Kier molecular flexibility index (Phi) is 7.65. The quantitative estimate of drug-likeness (QED) is 0.241. The first-order valence-electron chi connectivity index (χ1n) is 9.22. The van der Waals surface area contributed by atoms with Crippen molar-refractivity contribution in [2.45, 2.75) is 39.5 Å². The van der Waals surface area contributed by atoms with Gasteiger partial charge in [-0.05, 0) is 12.8 Å². The first kappa shape index (κ1) is 23.9. The van der Waals surface area contributed by atoms with Crippen molar-refractivity contribution in [3.63, 3.8) is 0 Å². The average Bonchev–Trinajstić information content (AvgIpc) is 2.73. The van der Waals surface area contributed by atoms with Crippen LogP contribution in [0.4, 0.5) is 45.2 Å². The van der Waals surface area contributed by atoms with Gasteiger partial charge in [0.05, 0.1) is 16.8 Å². The van der Waals surface area contributed by atoms with E-state index in [1.165, 1.54) is 0 Å². The summed E-state index contributed by atoms with van der Waals surface area (Å²) in [5.41, 5.74) is -4.53. The van der Waals surface area contributed by atoms with Gasteiger partial charge >= 0.3 is 0 Å². The lowest BCUT2D eigenvalue weighted by Crippen LogP contribution is -2.28. The smallest absolute Gasteiger partial charge is 0.200 e. The highest BCUT2D eigenvalue weighted by atomic mass is 19.2. The molecule has 1 nitrogen and oxygen atoms in total. The lowest BCUT2D eigenvalue weighted by atomic mass is 9.98. The molecule has 0 aliphatic rings. The van der Waals surface area contributed by atoms with Crippen molar-refractivity contribution in [1.29, 1.82) is 0 Å². The number of benzene rings is 2. The lowest BCUT2D eigenvalue weighted by molar-refractivity contribution is 0.379. The molecule has 2 aromatic rings. The number of rotatable bonds is 8. The topological polar surface area (TPSA) is 3.24 Å². The van der Waals surface area contributed by atoms with E-state index in [0.717, 1.165) is 4.90 Å². The van der Waals surface area contributed by atoms with Gasteiger partial charge in [0.2, 0.25) is 5.82 Å². The fourth-order valence-electron chi connectivity index (χ4n) is 3.00. The van der Waals surface area contributed by atoms with Gasteiger partial charge in [0, 0.05) is 13.1 Å². The van der Waals surface area contributed by atoms with Gasteiger partial charge in [0.15, 0.2) is 46.5 Å². The Hall–Kier alpha value is -2.39. The van der Waals surface area contributed by atoms with E-state index in [4.69, 9.17) is 0 Å². The molecule has 0 aromatic heterocycles. The Morgan fingerprint density at radius 1 is 0.467 bits per heavy atom. The summed E-state index contributed by atoms with van der Waals surface area (Å²) in [5.74, 6) is -21.3. The van der Waals surface area contributed by atoms with E-state index >= 15 is 0 Å². The summed E-state index contributed by atoms with van der Waals surface area (Å²) >= 11 is 0. The Morgan fingerprint density at radius 3 is 1.20 bits per heavy atom. The highest BCUT2D eigenvalue weighted by Crippen LogP contribution is 2.42. The maximum atomic E-state index is 14.7. The molecule has 0 unspecified atom stereocenters. The maximum absolute atomic E-state index is 14.7. The van der Waals surface area contributed by atoms with Crippen molar-refractivity contribution in [2.24, 2.45) is 0 Å². The minimum atomic E-state index is -2.52. The number of hydrogen-bond donors (Lipinski definition) is 0. The molecule has 2 aromatic carbocycles. The molecule has 0 bridgehead atoms. The molecule has 0 amide bonds. The predicted octanol–water partition coefficient (Wildman–Crippen LogP) is 7.01. The fourth-order valence-corrected chi connectivity index (χ4v) is 3.00. The number of unbranched alkanes of at least 4 members (excludes halogenated alkanes) is 2. The highest BCUT2D eigenvalue weighted by Gasteiger charge is 2.35. The number of halogens is 9. The molecular formula is C20H18F9N.